The number of aryl methyl sites for hydroxylation is 2. The molecule has 0 atom stereocenters. The minimum atomic E-state index is -0.295. The lowest BCUT2D eigenvalue weighted by Crippen LogP contribution is -2.17. The highest BCUT2D eigenvalue weighted by atomic mass is 16.5. The normalized spacial score (nSPS) is 11.4. The summed E-state index contributed by atoms with van der Waals surface area (Å²) in [6.45, 7) is 11.2. The minimum Gasteiger partial charge on any atom is -0.425 e. The third-order valence-corrected chi connectivity index (χ3v) is 4.89. The third-order valence-electron chi connectivity index (χ3n) is 4.89. The van der Waals surface area contributed by atoms with Crippen LogP contribution in [-0.4, -0.2) is 11.9 Å². The highest BCUT2D eigenvalue weighted by molar-refractivity contribution is 6.13. The average Bonchev–Trinajstić information content (AvgIpc) is 2.65. The molecule has 0 radical (unpaired) electrons. The maximum atomic E-state index is 12.4. The molecule has 3 rings (SSSR count). The first-order valence-corrected chi connectivity index (χ1v) is 9.59. The Morgan fingerprint density at radius 1 is 0.679 bits per heavy atom. The molecule has 0 heterocycles. The van der Waals surface area contributed by atoms with E-state index >= 15 is 0 Å². The molecule has 0 saturated carbocycles. The van der Waals surface area contributed by atoms with Gasteiger partial charge in [-0.2, -0.15) is 0 Å². The Hall–Kier alpha value is -2.88. The van der Waals surface area contributed by atoms with Gasteiger partial charge in [-0.15, -0.1) is 0 Å². The molecule has 3 aromatic rings. The first kappa shape index (κ1) is 19.9. The van der Waals surface area contributed by atoms with Gasteiger partial charge in [0.25, 0.3) is 0 Å². The average molecular weight is 378 g/mol. The summed E-state index contributed by atoms with van der Waals surface area (Å²) in [7, 11) is 0. The maximum Gasteiger partial charge on any atom is 0.313 e. The van der Waals surface area contributed by atoms with Gasteiger partial charge >= 0.3 is 11.9 Å². The zero-order valence-corrected chi connectivity index (χ0v) is 17.3. The van der Waals surface area contributed by atoms with Crippen LogP contribution in [0.3, 0.4) is 0 Å². The second-order valence-corrected chi connectivity index (χ2v) is 7.84. The molecule has 0 aliphatic heterocycles. The molecule has 28 heavy (non-hydrogen) atoms. The predicted molar refractivity (Wildman–Crippen MR) is 112 cm³/mol. The summed E-state index contributed by atoms with van der Waals surface area (Å²) in [5.41, 5.74) is 2.15. The van der Waals surface area contributed by atoms with E-state index in [9.17, 15) is 9.59 Å². The molecule has 0 spiro atoms. The van der Waals surface area contributed by atoms with Crippen molar-refractivity contribution >= 4 is 33.5 Å². The molecule has 0 aromatic heterocycles. The van der Waals surface area contributed by atoms with Crippen LogP contribution in [-0.2, 0) is 9.59 Å². The summed E-state index contributed by atoms with van der Waals surface area (Å²) in [5, 5.41) is 3.03. The molecular weight excluding hydrogens is 352 g/mol. The highest BCUT2D eigenvalue weighted by Crippen LogP contribution is 2.44. The first-order chi connectivity index (χ1) is 13.2. The summed E-state index contributed by atoms with van der Waals surface area (Å²) in [6.07, 6.45) is 0. The van der Waals surface area contributed by atoms with E-state index in [0.29, 0.717) is 11.5 Å². The molecule has 0 amide bonds. The highest BCUT2D eigenvalue weighted by Gasteiger charge is 2.22. The number of hydrogen-bond acceptors (Lipinski definition) is 4. The van der Waals surface area contributed by atoms with E-state index in [0.717, 1.165) is 32.7 Å². The van der Waals surface area contributed by atoms with Crippen LogP contribution in [0.1, 0.15) is 38.8 Å². The lowest BCUT2D eigenvalue weighted by atomic mass is 9.96. The SMILES string of the molecule is Cc1cc2c(OC(=O)C(C)C)c3ccccc3c(OC(=O)C(C)C)c2cc1C. The monoisotopic (exact) mass is 378 g/mol. The number of carbonyl (C=O) groups is 2. The van der Waals surface area contributed by atoms with E-state index in [2.05, 4.69) is 0 Å². The van der Waals surface area contributed by atoms with Crippen LogP contribution in [0.5, 0.6) is 11.5 Å². The third kappa shape index (κ3) is 3.59. The zero-order valence-electron chi connectivity index (χ0n) is 17.3. The first-order valence-electron chi connectivity index (χ1n) is 9.59. The van der Waals surface area contributed by atoms with Gasteiger partial charge in [-0.25, -0.2) is 0 Å². The van der Waals surface area contributed by atoms with E-state index < -0.39 is 0 Å². The predicted octanol–water partition coefficient (Wildman–Crippen LogP) is 5.73. The fraction of sp³-hybridized carbons (Fsp3) is 0.333. The van der Waals surface area contributed by atoms with Gasteiger partial charge in [0.2, 0.25) is 0 Å². The molecule has 0 aliphatic rings. The lowest BCUT2D eigenvalue weighted by Gasteiger charge is -2.18. The number of rotatable bonds is 4. The van der Waals surface area contributed by atoms with Crippen molar-refractivity contribution in [3.05, 3.63) is 47.5 Å². The Kier molecular flexibility index (Phi) is 5.41. The summed E-state index contributed by atoms with van der Waals surface area (Å²) in [4.78, 5) is 24.8. The number of esters is 2. The van der Waals surface area contributed by atoms with E-state index in [1.54, 1.807) is 27.7 Å². The van der Waals surface area contributed by atoms with Crippen LogP contribution in [0.4, 0.5) is 0 Å². The fourth-order valence-corrected chi connectivity index (χ4v) is 3.02. The Morgan fingerprint density at radius 3 is 1.36 bits per heavy atom. The fourth-order valence-electron chi connectivity index (χ4n) is 3.02. The molecule has 0 saturated heterocycles. The molecule has 3 aromatic carbocycles. The van der Waals surface area contributed by atoms with Gasteiger partial charge < -0.3 is 9.47 Å². The van der Waals surface area contributed by atoms with E-state index in [1.165, 1.54) is 0 Å². The molecule has 0 fully saturated rings. The van der Waals surface area contributed by atoms with Crippen molar-refractivity contribution in [2.45, 2.75) is 41.5 Å². The Bertz CT molecular complexity index is 991. The largest absolute Gasteiger partial charge is 0.425 e. The Morgan fingerprint density at radius 2 is 1.04 bits per heavy atom. The van der Waals surface area contributed by atoms with Crippen molar-refractivity contribution in [1.82, 2.24) is 0 Å². The van der Waals surface area contributed by atoms with Crippen LogP contribution in [0, 0.1) is 25.7 Å². The number of fused-ring (bicyclic) bond motifs is 2. The van der Waals surface area contributed by atoms with Crippen molar-refractivity contribution in [2.24, 2.45) is 11.8 Å². The summed E-state index contributed by atoms with van der Waals surface area (Å²) in [6, 6.07) is 11.5. The number of ether oxygens (including phenoxy) is 2. The van der Waals surface area contributed by atoms with Gasteiger partial charge in [-0.05, 0) is 37.1 Å². The van der Waals surface area contributed by atoms with Gasteiger partial charge in [-0.3, -0.25) is 9.59 Å². The summed E-state index contributed by atoms with van der Waals surface area (Å²) in [5.74, 6) is -0.0701. The van der Waals surface area contributed by atoms with Crippen LogP contribution >= 0.6 is 0 Å². The van der Waals surface area contributed by atoms with Gasteiger partial charge in [0.1, 0.15) is 11.5 Å². The number of carbonyl (C=O) groups excluding carboxylic acids is 2. The van der Waals surface area contributed by atoms with Crippen LogP contribution < -0.4 is 9.47 Å². The maximum absolute atomic E-state index is 12.4. The van der Waals surface area contributed by atoms with E-state index in [1.807, 2.05) is 50.2 Å². The molecule has 0 bridgehead atoms. The van der Waals surface area contributed by atoms with Gasteiger partial charge in [0.05, 0.1) is 11.8 Å². The smallest absolute Gasteiger partial charge is 0.313 e. The van der Waals surface area contributed by atoms with Crippen LogP contribution in [0.25, 0.3) is 21.5 Å². The van der Waals surface area contributed by atoms with Gasteiger partial charge in [-0.1, -0.05) is 52.0 Å². The molecule has 4 nitrogen and oxygen atoms in total. The zero-order chi connectivity index (χ0) is 20.6. The van der Waals surface area contributed by atoms with Gasteiger partial charge in [0, 0.05) is 21.5 Å². The molecule has 146 valence electrons. The number of benzene rings is 3. The number of hydrogen-bond donors (Lipinski definition) is 0. The molecule has 0 N–H and O–H groups in total. The summed E-state index contributed by atoms with van der Waals surface area (Å²) < 4.78 is 11.7. The Balaban J connectivity index is 2.40. The second-order valence-electron chi connectivity index (χ2n) is 7.84. The van der Waals surface area contributed by atoms with Crippen molar-refractivity contribution in [3.8, 4) is 11.5 Å². The molecule has 0 unspecified atom stereocenters. The molecule has 4 heteroatoms. The Labute approximate surface area is 165 Å². The van der Waals surface area contributed by atoms with Crippen LogP contribution in [0.2, 0.25) is 0 Å². The second kappa shape index (κ2) is 7.63. The topological polar surface area (TPSA) is 52.6 Å². The molecule has 0 aliphatic carbocycles. The van der Waals surface area contributed by atoms with Crippen LogP contribution in [0.15, 0.2) is 36.4 Å². The van der Waals surface area contributed by atoms with E-state index in [-0.39, 0.29) is 23.8 Å². The lowest BCUT2D eigenvalue weighted by molar-refractivity contribution is -0.138. The quantitative estimate of drug-likeness (QED) is 0.330. The van der Waals surface area contributed by atoms with E-state index in [4.69, 9.17) is 9.47 Å². The standard InChI is InChI=1S/C24H26O4/c1-13(2)23(25)27-21-17-9-7-8-10-18(17)22(28-24(26)14(3)4)20-12-16(6)15(5)11-19(20)21/h7-14H,1-6H3. The van der Waals surface area contributed by atoms with Gasteiger partial charge in [0.15, 0.2) is 0 Å². The summed E-state index contributed by atoms with van der Waals surface area (Å²) >= 11 is 0. The van der Waals surface area contributed by atoms with Crippen molar-refractivity contribution in [3.63, 3.8) is 0 Å². The molecular formula is C24H26O4. The van der Waals surface area contributed by atoms with Crippen molar-refractivity contribution < 1.29 is 19.1 Å². The van der Waals surface area contributed by atoms with Crippen molar-refractivity contribution in [1.29, 1.82) is 0 Å². The minimum absolute atomic E-state index is 0.251. The van der Waals surface area contributed by atoms with Crippen molar-refractivity contribution in [2.75, 3.05) is 0 Å².